The van der Waals surface area contributed by atoms with Gasteiger partial charge in [0.2, 0.25) is 47.3 Å². The molecule has 4 aliphatic rings. The van der Waals surface area contributed by atoms with Gasteiger partial charge in [-0.3, -0.25) is 91.1 Å². The molecule has 4 rings (SSSR count). The minimum absolute atomic E-state index is 0.00641. The standard InChI is InChI=1S/C82H129N9O38/c1-45(92)86-60-40-61(119-53(9)100)62(41-115-49(5)96)126-79(60)111-36-22-18-26-68(109)90(34-30-84-66(107)24-16-20-37-112-80-70(87-46(2)93)76(123-57(13)104)73(120-54(10)101)63(127-80)42-116-50(6)97)32-28-83-29-33-91(69(110)27-19-23-39-114-82-72(89-48(4)95)78(125-59(15)106)75(122-56(12)103)65(129-82)44-118-52(8)99)35-31-85-67(108)25-17-21-38-113-81-71(88-47(3)94)77(124-58(14)105)74(121-55(11)102)64(128-81)43-117-51(7)98/h60-65,70-83H,16-44H2,1-15H3,(H,84,107)(H,85,108)(H,86,92)(H,87,93)(H,88,94)(H,89,95)/t60?,61-,62?,63?,64?,65?,70?,71?,72?,73+,74+,75+,76?,77?,78?,79-,80-,81-,82-/m1/s1. The molecule has 0 radical (unpaired) electrons. The van der Waals surface area contributed by atoms with Crippen molar-refractivity contribution in [1.82, 2.24) is 47.0 Å². The lowest BCUT2D eigenvalue weighted by molar-refractivity contribution is -0.277. The normalized spacial score (nSPS) is 24.5. The molecule has 4 aliphatic heterocycles. The maximum atomic E-state index is 14.4. The molecule has 0 aliphatic carbocycles. The number of nitrogens with zero attached hydrogens (tertiary/aromatic N) is 2. The van der Waals surface area contributed by atoms with Gasteiger partial charge >= 0.3 is 65.7 Å². The van der Waals surface area contributed by atoms with E-state index in [2.05, 4.69) is 37.2 Å². The topological polar surface area (TPSA) is 590 Å². The number of unbranched alkanes of at least 4 members (excludes halogenated alkanes) is 4. The molecular formula is C82H129N9O38. The second-order valence-electron chi connectivity index (χ2n) is 30.7. The van der Waals surface area contributed by atoms with Crippen LogP contribution in [0.25, 0.3) is 0 Å². The Morgan fingerprint density at radius 3 is 0.837 bits per heavy atom. The van der Waals surface area contributed by atoms with Crippen molar-refractivity contribution in [1.29, 1.82) is 0 Å². The Morgan fingerprint density at radius 2 is 0.550 bits per heavy atom. The molecule has 730 valence electrons. The summed E-state index contributed by atoms with van der Waals surface area (Å²) in [6.07, 6.45) is -17.2. The molecule has 47 heteroatoms. The zero-order chi connectivity index (χ0) is 96.0. The third kappa shape index (κ3) is 43.7. The highest BCUT2D eigenvalue weighted by Gasteiger charge is 2.55. The van der Waals surface area contributed by atoms with E-state index in [1.807, 2.05) is 0 Å². The lowest BCUT2D eigenvalue weighted by Crippen LogP contribution is -2.66. The Bertz CT molecular complexity index is 3730. The molecule has 8 amide bonds. The number of hydrogen-bond acceptors (Lipinski definition) is 39. The summed E-state index contributed by atoms with van der Waals surface area (Å²) in [6.45, 7) is 15.6. The van der Waals surface area contributed by atoms with E-state index in [1.54, 1.807) is 0 Å². The van der Waals surface area contributed by atoms with Crippen LogP contribution in [0.2, 0.25) is 0 Å². The van der Waals surface area contributed by atoms with Gasteiger partial charge in [0.05, 0.1) is 6.04 Å². The van der Waals surface area contributed by atoms with E-state index in [4.69, 9.17) is 90.0 Å². The van der Waals surface area contributed by atoms with E-state index in [0.717, 1.165) is 62.3 Å². The van der Waals surface area contributed by atoms with E-state index < -0.39 is 237 Å². The lowest BCUT2D eigenvalue weighted by Gasteiger charge is -2.44. The zero-order valence-electron chi connectivity index (χ0n) is 75.9. The Labute approximate surface area is 747 Å². The van der Waals surface area contributed by atoms with Crippen LogP contribution in [0.15, 0.2) is 0 Å². The molecule has 0 spiro atoms. The van der Waals surface area contributed by atoms with Gasteiger partial charge in [-0.25, -0.2) is 0 Å². The zero-order valence-corrected chi connectivity index (χ0v) is 75.9. The average Bonchev–Trinajstić information content (AvgIpc) is 0.796. The number of carbonyl (C=O) groups excluding carboxylic acids is 19. The van der Waals surface area contributed by atoms with Gasteiger partial charge in [-0.05, 0) is 51.4 Å². The first kappa shape index (κ1) is 111. The second kappa shape index (κ2) is 59.0. The smallest absolute Gasteiger partial charge is 0.303 e. The molecule has 0 aromatic rings. The monoisotopic (exact) mass is 1850 g/mol. The van der Waals surface area contributed by atoms with Gasteiger partial charge in [-0.15, -0.1) is 0 Å². The third-order valence-corrected chi connectivity index (χ3v) is 19.4. The number of hydrogen-bond donors (Lipinski definition) is 7. The lowest BCUT2D eigenvalue weighted by atomic mass is 9.96. The van der Waals surface area contributed by atoms with E-state index >= 15 is 0 Å². The van der Waals surface area contributed by atoms with Crippen molar-refractivity contribution in [2.24, 2.45) is 0 Å². The molecule has 4 saturated heterocycles. The van der Waals surface area contributed by atoms with Crippen LogP contribution < -0.4 is 37.2 Å². The number of ether oxygens (including phenoxy) is 19. The first-order valence-electron chi connectivity index (χ1n) is 42.7. The van der Waals surface area contributed by atoms with Crippen LogP contribution in [-0.2, 0) is 181 Å². The highest BCUT2D eigenvalue weighted by atomic mass is 16.7. The van der Waals surface area contributed by atoms with Crippen molar-refractivity contribution in [3.8, 4) is 0 Å². The number of rotatable bonds is 55. The summed E-state index contributed by atoms with van der Waals surface area (Å²) in [7, 11) is 0. The number of amides is 8. The highest BCUT2D eigenvalue weighted by molar-refractivity contribution is 5.79. The summed E-state index contributed by atoms with van der Waals surface area (Å²) in [6, 6.07) is -4.52. The summed E-state index contributed by atoms with van der Waals surface area (Å²) in [5, 5.41) is 19.6. The van der Waals surface area contributed by atoms with E-state index in [0.29, 0.717) is 0 Å². The van der Waals surface area contributed by atoms with Crippen LogP contribution in [0.3, 0.4) is 0 Å². The van der Waals surface area contributed by atoms with Crippen molar-refractivity contribution in [3.63, 3.8) is 0 Å². The predicted octanol–water partition coefficient (Wildman–Crippen LogP) is -1.70. The summed E-state index contributed by atoms with van der Waals surface area (Å²) < 4.78 is 108. The Balaban J connectivity index is 1.53. The maximum absolute atomic E-state index is 14.4. The molecule has 11 unspecified atom stereocenters. The van der Waals surface area contributed by atoms with Crippen LogP contribution in [-0.4, -0.2) is 344 Å². The largest absolute Gasteiger partial charge is 0.463 e. The molecule has 4 fully saturated rings. The molecule has 0 aromatic heterocycles. The molecule has 0 bridgehead atoms. The average molecular weight is 1850 g/mol. The van der Waals surface area contributed by atoms with Crippen LogP contribution in [0.1, 0.15) is 187 Å². The summed E-state index contributed by atoms with van der Waals surface area (Å²) >= 11 is 0. The van der Waals surface area contributed by atoms with Crippen molar-refractivity contribution in [2.75, 3.05) is 105 Å². The summed E-state index contributed by atoms with van der Waals surface area (Å²) in [4.78, 5) is 242. The van der Waals surface area contributed by atoms with Gasteiger partial charge in [-0.2, -0.15) is 0 Å². The Kier molecular flexibility index (Phi) is 50.7. The number of carbonyl (C=O) groups is 19. The van der Waals surface area contributed by atoms with Crippen molar-refractivity contribution in [3.05, 3.63) is 0 Å². The minimum Gasteiger partial charge on any atom is -0.463 e. The molecule has 0 aromatic carbocycles. The fraction of sp³-hybridized carbons (Fsp3) is 0.768. The number of nitrogens with one attached hydrogen (secondary N) is 7. The fourth-order valence-electron chi connectivity index (χ4n) is 14.2. The molecule has 47 nitrogen and oxygen atoms in total. The fourth-order valence-corrected chi connectivity index (χ4v) is 14.2. The third-order valence-electron chi connectivity index (χ3n) is 19.4. The van der Waals surface area contributed by atoms with Gasteiger partial charge < -0.3 is 137 Å². The van der Waals surface area contributed by atoms with E-state index in [-0.39, 0.29) is 181 Å². The van der Waals surface area contributed by atoms with Gasteiger partial charge in [0, 0.05) is 215 Å². The van der Waals surface area contributed by atoms with Crippen LogP contribution >= 0.6 is 0 Å². The van der Waals surface area contributed by atoms with E-state index in [9.17, 15) is 91.1 Å². The first-order valence-corrected chi connectivity index (χ1v) is 42.7. The predicted molar refractivity (Wildman–Crippen MR) is 436 cm³/mol. The van der Waals surface area contributed by atoms with E-state index in [1.165, 1.54) is 51.3 Å². The molecular weight excluding hydrogens is 1720 g/mol. The van der Waals surface area contributed by atoms with Crippen LogP contribution in [0, 0.1) is 0 Å². The van der Waals surface area contributed by atoms with Crippen LogP contribution in [0.5, 0.6) is 0 Å². The SMILES string of the molecule is CC(=O)NC1C[C@@H](OC(C)=O)C(COC(C)=O)O[C@H]1OCCCCC(=O)N(CCNCCN(CCNC(=O)CCCCO[C@@H]1OC(COC(C)=O)[C@H](OC(C)=O)C(OC(C)=O)C1NC(C)=O)C(=O)CCCCO[C@@H]1OC(COC(C)=O)[C@H](OC(C)=O)C(OC(C)=O)C1NC(C)=O)CCNC(=O)CCCCO[C@@H]1OC(COC(C)=O)[C@H](OC(C)=O)C(OC(C)=O)C1NC(C)=O. The molecule has 19 atom stereocenters. The van der Waals surface area contributed by atoms with Gasteiger partial charge in [0.15, 0.2) is 61.8 Å². The molecule has 129 heavy (non-hydrogen) atoms. The number of esters is 11. The van der Waals surface area contributed by atoms with Gasteiger partial charge in [0.1, 0.15) is 75.1 Å². The molecule has 4 heterocycles. The second-order valence-corrected chi connectivity index (χ2v) is 30.7. The van der Waals surface area contributed by atoms with Gasteiger partial charge in [0.25, 0.3) is 0 Å². The molecule has 0 saturated carbocycles. The summed E-state index contributed by atoms with van der Waals surface area (Å²) in [5.41, 5.74) is 0. The Hall–Kier alpha value is -10.4. The summed E-state index contributed by atoms with van der Waals surface area (Å²) in [5.74, 6) is -11.9. The van der Waals surface area contributed by atoms with Crippen molar-refractivity contribution < 1.29 is 181 Å². The highest BCUT2D eigenvalue weighted by Crippen LogP contribution is 2.33. The maximum Gasteiger partial charge on any atom is 0.303 e. The quantitative estimate of drug-likeness (QED) is 0.0203. The molecule has 7 N–H and O–H groups in total. The van der Waals surface area contributed by atoms with Crippen molar-refractivity contribution >= 4 is 113 Å². The first-order chi connectivity index (χ1) is 61.0. The minimum atomic E-state index is -1.40. The van der Waals surface area contributed by atoms with Crippen molar-refractivity contribution in [2.45, 2.75) is 304 Å². The Morgan fingerprint density at radius 1 is 0.287 bits per heavy atom. The van der Waals surface area contributed by atoms with Gasteiger partial charge in [-0.1, -0.05) is 0 Å². The van der Waals surface area contributed by atoms with Crippen LogP contribution in [0.4, 0.5) is 0 Å².